The van der Waals surface area contributed by atoms with Gasteiger partial charge >= 0.3 is 0 Å². The van der Waals surface area contributed by atoms with Crippen LogP contribution in [0.1, 0.15) is 23.7 Å². The second-order valence-corrected chi connectivity index (χ2v) is 6.60. The molecule has 1 aliphatic heterocycles. The minimum absolute atomic E-state index is 0.0568. The van der Waals surface area contributed by atoms with Crippen LogP contribution in [-0.2, 0) is 19.5 Å². The first-order valence-corrected chi connectivity index (χ1v) is 9.20. The van der Waals surface area contributed by atoms with Crippen LogP contribution in [0, 0.1) is 0 Å². The maximum Gasteiger partial charge on any atom is 0.254 e. The Morgan fingerprint density at radius 2 is 2.15 bits per heavy atom. The highest BCUT2D eigenvalue weighted by Crippen LogP contribution is 2.20. The zero-order valence-corrected chi connectivity index (χ0v) is 15.3. The zero-order chi connectivity index (χ0) is 18.6. The van der Waals surface area contributed by atoms with Crippen LogP contribution in [0.15, 0.2) is 53.5 Å². The summed E-state index contributed by atoms with van der Waals surface area (Å²) in [5.41, 5.74) is 3.44. The van der Waals surface area contributed by atoms with Gasteiger partial charge in [-0.15, -0.1) is 0 Å². The molecule has 0 radical (unpaired) electrons. The monoisotopic (exact) mass is 362 g/mol. The maximum absolute atomic E-state index is 12.5. The lowest BCUT2D eigenvalue weighted by atomic mass is 10.1. The quantitative estimate of drug-likeness (QED) is 0.756. The molecule has 4 rings (SSSR count). The Labute approximate surface area is 157 Å². The van der Waals surface area contributed by atoms with Crippen molar-refractivity contribution in [1.82, 2.24) is 19.9 Å². The van der Waals surface area contributed by atoms with Crippen molar-refractivity contribution in [2.45, 2.75) is 26.4 Å². The number of hydrogen-bond acceptors (Lipinski definition) is 5. The predicted octanol–water partition coefficient (Wildman–Crippen LogP) is 2.79. The van der Waals surface area contributed by atoms with Gasteiger partial charge in [0.1, 0.15) is 11.4 Å². The van der Waals surface area contributed by atoms with Gasteiger partial charge in [0, 0.05) is 31.4 Å². The lowest BCUT2D eigenvalue weighted by Gasteiger charge is -2.27. The first kappa shape index (κ1) is 17.4. The van der Waals surface area contributed by atoms with E-state index in [1.807, 2.05) is 37.3 Å². The summed E-state index contributed by atoms with van der Waals surface area (Å²) in [4.78, 5) is 26.7. The molecule has 0 saturated heterocycles. The largest absolute Gasteiger partial charge is 0.494 e. The minimum Gasteiger partial charge on any atom is -0.494 e. The number of nitrogens with zero attached hydrogens (tertiary/aromatic N) is 3. The molecule has 0 aliphatic carbocycles. The fourth-order valence-electron chi connectivity index (χ4n) is 3.41. The van der Waals surface area contributed by atoms with Crippen LogP contribution in [0.5, 0.6) is 5.75 Å². The summed E-state index contributed by atoms with van der Waals surface area (Å²) in [6.45, 7) is 4.92. The Balaban J connectivity index is 1.56. The van der Waals surface area contributed by atoms with Crippen molar-refractivity contribution in [3.05, 3.63) is 75.8 Å². The van der Waals surface area contributed by atoms with E-state index in [1.165, 1.54) is 5.56 Å². The molecule has 0 unspecified atom stereocenters. The molecule has 6 heteroatoms. The molecular weight excluding hydrogens is 340 g/mol. The van der Waals surface area contributed by atoms with Gasteiger partial charge in [-0.05, 0) is 43.2 Å². The van der Waals surface area contributed by atoms with Crippen molar-refractivity contribution in [2.24, 2.45) is 0 Å². The number of rotatable bonds is 5. The van der Waals surface area contributed by atoms with E-state index in [9.17, 15) is 4.79 Å². The van der Waals surface area contributed by atoms with Crippen LogP contribution in [0.3, 0.4) is 0 Å². The van der Waals surface area contributed by atoms with E-state index in [-0.39, 0.29) is 5.56 Å². The predicted molar refractivity (Wildman–Crippen MR) is 104 cm³/mol. The number of aromatic amines is 1. The number of nitrogens with one attached hydrogen (secondary N) is 1. The molecule has 0 amide bonds. The molecule has 1 N–H and O–H groups in total. The molecule has 3 aromatic rings. The molecule has 27 heavy (non-hydrogen) atoms. The van der Waals surface area contributed by atoms with Crippen LogP contribution in [0.2, 0.25) is 0 Å². The molecule has 1 aliphatic rings. The molecule has 3 heterocycles. The molecule has 6 nitrogen and oxygen atoms in total. The summed E-state index contributed by atoms with van der Waals surface area (Å²) in [6, 6.07) is 13.7. The Morgan fingerprint density at radius 3 is 2.96 bits per heavy atom. The SMILES string of the molecule is CCOc1cccc(CN2CCc3c(nc(-c4ccccn4)[nH]c3=O)C2)c1. The van der Waals surface area contributed by atoms with E-state index in [0.29, 0.717) is 31.1 Å². The summed E-state index contributed by atoms with van der Waals surface area (Å²) >= 11 is 0. The van der Waals surface area contributed by atoms with E-state index in [1.54, 1.807) is 6.20 Å². The number of ether oxygens (including phenoxy) is 1. The number of aromatic nitrogens is 3. The summed E-state index contributed by atoms with van der Waals surface area (Å²) in [7, 11) is 0. The number of pyridine rings is 1. The van der Waals surface area contributed by atoms with Gasteiger partial charge in [0.25, 0.3) is 5.56 Å². The highest BCUT2D eigenvalue weighted by atomic mass is 16.5. The molecule has 0 fully saturated rings. The molecule has 2 aromatic heterocycles. The lowest BCUT2D eigenvalue weighted by Crippen LogP contribution is -2.35. The first-order valence-electron chi connectivity index (χ1n) is 9.20. The summed E-state index contributed by atoms with van der Waals surface area (Å²) in [5, 5.41) is 0. The first-order chi connectivity index (χ1) is 13.2. The topological polar surface area (TPSA) is 71.1 Å². The number of hydrogen-bond donors (Lipinski definition) is 1. The van der Waals surface area contributed by atoms with Crippen LogP contribution in [0.4, 0.5) is 0 Å². The maximum atomic E-state index is 12.5. The number of benzene rings is 1. The van der Waals surface area contributed by atoms with E-state index in [0.717, 1.165) is 30.1 Å². The Kier molecular flexibility index (Phi) is 4.98. The van der Waals surface area contributed by atoms with Crippen LogP contribution < -0.4 is 10.3 Å². The van der Waals surface area contributed by atoms with E-state index in [2.05, 4.69) is 27.0 Å². The van der Waals surface area contributed by atoms with Gasteiger partial charge in [-0.3, -0.25) is 14.7 Å². The van der Waals surface area contributed by atoms with E-state index in [4.69, 9.17) is 9.72 Å². The van der Waals surface area contributed by atoms with E-state index < -0.39 is 0 Å². The second-order valence-electron chi connectivity index (χ2n) is 6.60. The normalized spacial score (nSPS) is 14.0. The molecule has 0 atom stereocenters. The van der Waals surface area contributed by atoms with Crippen molar-refractivity contribution in [1.29, 1.82) is 0 Å². The standard InChI is InChI=1S/C21H22N4O2/c1-2-27-16-7-5-6-15(12-16)13-25-11-9-17-19(14-25)23-20(24-21(17)26)18-8-3-4-10-22-18/h3-8,10,12H,2,9,11,13-14H2,1H3,(H,23,24,26). The fourth-order valence-corrected chi connectivity index (χ4v) is 3.41. The summed E-state index contributed by atoms with van der Waals surface area (Å²) in [5.74, 6) is 1.42. The van der Waals surface area contributed by atoms with Crippen LogP contribution in [-0.4, -0.2) is 33.0 Å². The Morgan fingerprint density at radius 1 is 1.22 bits per heavy atom. The van der Waals surface area contributed by atoms with Crippen molar-refractivity contribution in [3.63, 3.8) is 0 Å². The van der Waals surface area contributed by atoms with Crippen molar-refractivity contribution < 1.29 is 4.74 Å². The van der Waals surface area contributed by atoms with E-state index >= 15 is 0 Å². The summed E-state index contributed by atoms with van der Waals surface area (Å²) in [6.07, 6.45) is 2.40. The second kappa shape index (κ2) is 7.72. The van der Waals surface area contributed by atoms with Crippen LogP contribution in [0.25, 0.3) is 11.5 Å². The molecular formula is C21H22N4O2. The molecule has 0 spiro atoms. The van der Waals surface area contributed by atoms with Gasteiger partial charge in [-0.1, -0.05) is 18.2 Å². The van der Waals surface area contributed by atoms with Gasteiger partial charge in [0.15, 0.2) is 5.82 Å². The Bertz CT molecular complexity index is 985. The molecule has 138 valence electrons. The Hall–Kier alpha value is -2.99. The average molecular weight is 362 g/mol. The molecule has 0 saturated carbocycles. The molecule has 0 bridgehead atoms. The van der Waals surface area contributed by atoms with Gasteiger partial charge in [-0.25, -0.2) is 4.98 Å². The van der Waals surface area contributed by atoms with Crippen molar-refractivity contribution in [2.75, 3.05) is 13.2 Å². The van der Waals surface area contributed by atoms with Gasteiger partial charge in [0.2, 0.25) is 0 Å². The van der Waals surface area contributed by atoms with Crippen LogP contribution >= 0.6 is 0 Å². The number of fused-ring (bicyclic) bond motifs is 1. The zero-order valence-electron chi connectivity index (χ0n) is 15.3. The van der Waals surface area contributed by atoms with Crippen molar-refractivity contribution in [3.8, 4) is 17.3 Å². The lowest BCUT2D eigenvalue weighted by molar-refractivity contribution is 0.240. The highest BCUT2D eigenvalue weighted by Gasteiger charge is 2.21. The molecule has 1 aromatic carbocycles. The summed E-state index contributed by atoms with van der Waals surface area (Å²) < 4.78 is 5.59. The average Bonchev–Trinajstić information content (AvgIpc) is 2.69. The number of H-pyrrole nitrogens is 1. The van der Waals surface area contributed by atoms with Crippen molar-refractivity contribution >= 4 is 0 Å². The van der Waals surface area contributed by atoms with Gasteiger partial charge in [-0.2, -0.15) is 0 Å². The third-order valence-corrected chi connectivity index (χ3v) is 4.68. The van der Waals surface area contributed by atoms with Gasteiger partial charge in [0.05, 0.1) is 12.3 Å². The highest BCUT2D eigenvalue weighted by molar-refractivity contribution is 5.49. The smallest absolute Gasteiger partial charge is 0.254 e. The minimum atomic E-state index is -0.0568. The fraction of sp³-hybridized carbons (Fsp3) is 0.286. The van der Waals surface area contributed by atoms with Gasteiger partial charge < -0.3 is 9.72 Å². The third kappa shape index (κ3) is 3.90. The third-order valence-electron chi connectivity index (χ3n) is 4.68.